The molecular formula is C16H14ClFN2O. The predicted molar refractivity (Wildman–Crippen MR) is 81.2 cm³/mol. The van der Waals surface area contributed by atoms with Crippen LogP contribution in [-0.4, -0.2) is 10.9 Å². The quantitative estimate of drug-likeness (QED) is 0.874. The number of hydrogen-bond donors (Lipinski definition) is 1. The van der Waals surface area contributed by atoms with Crippen molar-refractivity contribution in [1.82, 2.24) is 10.3 Å². The number of nitrogens with zero attached hydrogens (tertiary/aromatic N) is 1. The number of benzene rings is 1. The molecule has 3 nitrogen and oxygen atoms in total. The zero-order valence-corrected chi connectivity index (χ0v) is 12.1. The van der Waals surface area contributed by atoms with Crippen molar-refractivity contribution in [2.24, 2.45) is 0 Å². The minimum Gasteiger partial charge on any atom is -0.346 e. The van der Waals surface area contributed by atoms with Gasteiger partial charge < -0.3 is 5.32 Å². The second-order valence-corrected chi connectivity index (χ2v) is 4.90. The van der Waals surface area contributed by atoms with E-state index in [2.05, 4.69) is 10.3 Å². The molecule has 5 heteroatoms. The molecule has 2 aromatic rings. The third-order valence-corrected chi connectivity index (χ3v) is 3.19. The summed E-state index contributed by atoms with van der Waals surface area (Å²) in [4.78, 5) is 15.9. The molecule has 0 spiro atoms. The molecule has 0 aliphatic heterocycles. The van der Waals surface area contributed by atoms with Crippen LogP contribution in [0, 0.1) is 5.82 Å². The molecule has 1 N–H and O–H groups in total. The molecule has 1 amide bonds. The normalized spacial score (nSPS) is 12.3. The van der Waals surface area contributed by atoms with Crippen molar-refractivity contribution in [3.8, 4) is 0 Å². The number of hydrogen-bond acceptors (Lipinski definition) is 2. The van der Waals surface area contributed by atoms with Crippen LogP contribution in [0.25, 0.3) is 6.08 Å². The molecule has 0 aliphatic carbocycles. The number of carbonyl (C=O) groups is 1. The first-order valence-electron chi connectivity index (χ1n) is 6.41. The Morgan fingerprint density at radius 3 is 2.86 bits per heavy atom. The summed E-state index contributed by atoms with van der Waals surface area (Å²) in [5, 5.41) is 2.82. The largest absolute Gasteiger partial charge is 0.346 e. The fraction of sp³-hybridized carbons (Fsp3) is 0.125. The predicted octanol–water partition coefficient (Wildman–Crippen LogP) is 3.76. The molecule has 1 heterocycles. The minimum absolute atomic E-state index is 0.0395. The maximum absolute atomic E-state index is 13.1. The van der Waals surface area contributed by atoms with Gasteiger partial charge in [0.1, 0.15) is 5.82 Å². The highest BCUT2D eigenvalue weighted by Gasteiger charge is 2.09. The number of halogens is 2. The number of amides is 1. The number of aromatic nitrogens is 1. The van der Waals surface area contributed by atoms with Gasteiger partial charge in [0, 0.05) is 12.3 Å². The van der Waals surface area contributed by atoms with Gasteiger partial charge >= 0.3 is 0 Å². The van der Waals surface area contributed by atoms with Crippen molar-refractivity contribution in [1.29, 1.82) is 0 Å². The lowest BCUT2D eigenvalue weighted by molar-refractivity contribution is -0.117. The first-order chi connectivity index (χ1) is 10.1. The topological polar surface area (TPSA) is 42.0 Å². The van der Waals surface area contributed by atoms with Crippen LogP contribution in [0.5, 0.6) is 0 Å². The third kappa shape index (κ3) is 4.39. The Morgan fingerprint density at radius 2 is 2.19 bits per heavy atom. The third-order valence-electron chi connectivity index (χ3n) is 2.90. The van der Waals surface area contributed by atoms with E-state index in [9.17, 15) is 9.18 Å². The van der Waals surface area contributed by atoms with Gasteiger partial charge in [-0.15, -0.1) is 0 Å². The number of rotatable bonds is 4. The van der Waals surface area contributed by atoms with Crippen molar-refractivity contribution in [2.45, 2.75) is 13.0 Å². The van der Waals surface area contributed by atoms with Crippen molar-refractivity contribution >= 4 is 23.6 Å². The Bertz CT molecular complexity index is 659. The molecule has 0 saturated carbocycles. The average Bonchev–Trinajstić information content (AvgIpc) is 2.49. The molecule has 21 heavy (non-hydrogen) atoms. The van der Waals surface area contributed by atoms with Gasteiger partial charge in [-0.1, -0.05) is 23.7 Å². The molecule has 2 rings (SSSR count). The highest BCUT2D eigenvalue weighted by atomic mass is 35.5. The van der Waals surface area contributed by atoms with E-state index in [1.165, 1.54) is 18.2 Å². The molecule has 108 valence electrons. The van der Waals surface area contributed by atoms with Gasteiger partial charge in [-0.25, -0.2) is 4.39 Å². The van der Waals surface area contributed by atoms with Crippen LogP contribution in [0.4, 0.5) is 4.39 Å². The van der Waals surface area contributed by atoms with Crippen LogP contribution in [-0.2, 0) is 4.79 Å². The Morgan fingerprint density at radius 1 is 1.38 bits per heavy atom. The van der Waals surface area contributed by atoms with E-state index in [0.717, 1.165) is 5.56 Å². The van der Waals surface area contributed by atoms with E-state index in [1.54, 1.807) is 37.4 Å². The second-order valence-electron chi connectivity index (χ2n) is 4.49. The Kier molecular flexibility index (Phi) is 5.06. The van der Waals surface area contributed by atoms with Gasteiger partial charge in [0.25, 0.3) is 0 Å². The number of carbonyl (C=O) groups excluding carboxylic acids is 1. The molecular weight excluding hydrogens is 291 g/mol. The van der Waals surface area contributed by atoms with Crippen molar-refractivity contribution < 1.29 is 9.18 Å². The van der Waals surface area contributed by atoms with Crippen LogP contribution in [0.2, 0.25) is 5.02 Å². The van der Waals surface area contributed by atoms with Gasteiger partial charge in [-0.3, -0.25) is 9.78 Å². The molecule has 0 aliphatic rings. The molecule has 0 radical (unpaired) electrons. The summed E-state index contributed by atoms with van der Waals surface area (Å²) < 4.78 is 13.1. The van der Waals surface area contributed by atoms with E-state index in [0.29, 0.717) is 5.69 Å². The van der Waals surface area contributed by atoms with Gasteiger partial charge in [-0.2, -0.15) is 0 Å². The minimum atomic E-state index is -0.478. The standard InChI is InChI=1S/C16H14ClFN2O/c1-11(12-5-7-15(18)14(17)10-12)20-16(21)8-6-13-4-2-3-9-19-13/h2-11H,1H3,(H,20,21). The fourth-order valence-corrected chi connectivity index (χ4v) is 1.95. The molecule has 1 unspecified atom stereocenters. The zero-order valence-electron chi connectivity index (χ0n) is 11.4. The molecule has 1 aromatic heterocycles. The average molecular weight is 305 g/mol. The van der Waals surface area contributed by atoms with E-state index >= 15 is 0 Å². The molecule has 0 fully saturated rings. The van der Waals surface area contributed by atoms with Crippen LogP contribution in [0.3, 0.4) is 0 Å². The molecule has 1 atom stereocenters. The first kappa shape index (κ1) is 15.2. The highest BCUT2D eigenvalue weighted by molar-refractivity contribution is 6.30. The number of pyridine rings is 1. The summed E-state index contributed by atoms with van der Waals surface area (Å²) in [5.74, 6) is -0.734. The van der Waals surface area contributed by atoms with Crippen LogP contribution in [0.1, 0.15) is 24.2 Å². The maximum Gasteiger partial charge on any atom is 0.244 e. The van der Waals surface area contributed by atoms with Crippen LogP contribution in [0.15, 0.2) is 48.7 Å². The first-order valence-corrected chi connectivity index (χ1v) is 6.78. The van der Waals surface area contributed by atoms with Crippen molar-refractivity contribution in [3.63, 3.8) is 0 Å². The Labute approximate surface area is 127 Å². The van der Waals surface area contributed by atoms with Gasteiger partial charge in [0.2, 0.25) is 5.91 Å². The van der Waals surface area contributed by atoms with Crippen LogP contribution < -0.4 is 5.32 Å². The SMILES string of the molecule is CC(NC(=O)C=Cc1ccccn1)c1ccc(F)c(Cl)c1. The fourth-order valence-electron chi connectivity index (χ4n) is 1.76. The summed E-state index contributed by atoms with van der Waals surface area (Å²) in [6.45, 7) is 1.80. The Hall–Kier alpha value is -2.20. The number of nitrogens with one attached hydrogen (secondary N) is 1. The summed E-state index contributed by atoms with van der Waals surface area (Å²) >= 11 is 5.73. The lowest BCUT2D eigenvalue weighted by Crippen LogP contribution is -2.24. The molecule has 0 bridgehead atoms. The zero-order chi connectivity index (χ0) is 15.2. The highest BCUT2D eigenvalue weighted by Crippen LogP contribution is 2.20. The van der Waals surface area contributed by atoms with E-state index in [-0.39, 0.29) is 17.0 Å². The maximum atomic E-state index is 13.1. The Balaban J connectivity index is 1.99. The van der Waals surface area contributed by atoms with Gasteiger partial charge in [0.05, 0.1) is 16.8 Å². The summed E-state index contributed by atoms with van der Waals surface area (Å²) in [7, 11) is 0. The summed E-state index contributed by atoms with van der Waals surface area (Å²) in [5.41, 5.74) is 1.44. The molecule has 0 saturated heterocycles. The van der Waals surface area contributed by atoms with Gasteiger partial charge in [0.15, 0.2) is 0 Å². The lowest BCUT2D eigenvalue weighted by Gasteiger charge is -2.13. The smallest absolute Gasteiger partial charge is 0.244 e. The second kappa shape index (κ2) is 6.99. The van der Waals surface area contributed by atoms with Crippen molar-refractivity contribution in [2.75, 3.05) is 0 Å². The monoisotopic (exact) mass is 304 g/mol. The van der Waals surface area contributed by atoms with E-state index in [1.807, 2.05) is 6.07 Å². The molecule has 1 aromatic carbocycles. The summed E-state index contributed by atoms with van der Waals surface area (Å²) in [6.07, 6.45) is 4.68. The van der Waals surface area contributed by atoms with Crippen LogP contribution >= 0.6 is 11.6 Å². The van der Waals surface area contributed by atoms with Gasteiger partial charge in [-0.05, 0) is 42.8 Å². The van der Waals surface area contributed by atoms with E-state index in [4.69, 9.17) is 11.6 Å². The van der Waals surface area contributed by atoms with E-state index < -0.39 is 5.82 Å². The lowest BCUT2D eigenvalue weighted by atomic mass is 10.1. The summed E-state index contributed by atoms with van der Waals surface area (Å²) in [6, 6.07) is 9.55. The van der Waals surface area contributed by atoms with Crippen molar-refractivity contribution in [3.05, 3.63) is 70.8 Å².